The maximum absolute atomic E-state index is 10.4. The van der Waals surface area contributed by atoms with Crippen molar-refractivity contribution < 1.29 is 35.4 Å². The zero-order chi connectivity index (χ0) is 13.2. The van der Waals surface area contributed by atoms with Gasteiger partial charge in [-0.25, -0.2) is 0 Å². The summed E-state index contributed by atoms with van der Waals surface area (Å²) in [7, 11) is 0. The van der Waals surface area contributed by atoms with Gasteiger partial charge >= 0.3 is 5.97 Å². The van der Waals surface area contributed by atoms with Crippen LogP contribution in [0.5, 0.6) is 0 Å². The van der Waals surface area contributed by atoms with Crippen molar-refractivity contribution in [2.75, 3.05) is 13.2 Å². The maximum atomic E-state index is 10.4. The number of likely N-dealkylation sites (tertiary alicyclic amines) is 1. The van der Waals surface area contributed by atoms with Gasteiger partial charge in [0.25, 0.3) is 0 Å². The third-order valence-corrected chi connectivity index (χ3v) is 2.94. The number of piperidine rings is 1. The van der Waals surface area contributed by atoms with Crippen molar-refractivity contribution in [3.8, 4) is 0 Å². The highest BCUT2D eigenvalue weighted by Gasteiger charge is 2.46. The molecular weight excluding hydrogens is 234 g/mol. The molecule has 17 heavy (non-hydrogen) atoms. The Morgan fingerprint density at radius 2 is 1.65 bits per heavy atom. The summed E-state index contributed by atoms with van der Waals surface area (Å²) in [5.41, 5.74) is 0. The number of aliphatic carboxylic acids is 1. The van der Waals surface area contributed by atoms with E-state index in [4.69, 9.17) is 10.2 Å². The van der Waals surface area contributed by atoms with Gasteiger partial charge in [-0.05, 0) is 0 Å². The summed E-state index contributed by atoms with van der Waals surface area (Å²) in [6.07, 6.45) is -6.48. The standard InChI is InChI=1S/C9H17NO7/c11-3-4-6(14)7(15)8(16)9(17)10(4)2-1-5(12)13/h4,6-9,11,14-17H,1-3H2,(H,12,13)/t4-,6-,7+,8-,9?/m1/s1. The number of carbonyl (C=O) groups is 1. The van der Waals surface area contributed by atoms with Crippen LogP contribution in [-0.2, 0) is 4.79 Å². The van der Waals surface area contributed by atoms with E-state index < -0.39 is 43.2 Å². The molecule has 1 aliphatic heterocycles. The molecule has 8 heteroatoms. The maximum Gasteiger partial charge on any atom is 0.304 e. The Bertz CT molecular complexity index is 274. The van der Waals surface area contributed by atoms with Crippen LogP contribution < -0.4 is 0 Å². The minimum absolute atomic E-state index is 0.150. The molecule has 1 aliphatic rings. The van der Waals surface area contributed by atoms with Crippen molar-refractivity contribution in [3.05, 3.63) is 0 Å². The zero-order valence-electron chi connectivity index (χ0n) is 9.05. The van der Waals surface area contributed by atoms with Gasteiger partial charge in [0.2, 0.25) is 0 Å². The van der Waals surface area contributed by atoms with Gasteiger partial charge in [0.15, 0.2) is 0 Å². The van der Waals surface area contributed by atoms with Crippen LogP contribution in [0.1, 0.15) is 6.42 Å². The molecule has 6 N–H and O–H groups in total. The van der Waals surface area contributed by atoms with E-state index in [2.05, 4.69) is 0 Å². The van der Waals surface area contributed by atoms with E-state index in [9.17, 15) is 25.2 Å². The lowest BCUT2D eigenvalue weighted by Gasteiger charge is -2.46. The molecule has 1 unspecified atom stereocenters. The average molecular weight is 251 g/mol. The fourth-order valence-corrected chi connectivity index (χ4v) is 1.93. The van der Waals surface area contributed by atoms with Crippen molar-refractivity contribution in [1.29, 1.82) is 0 Å². The Hall–Kier alpha value is -0.770. The molecule has 0 aromatic heterocycles. The number of hydrogen-bond acceptors (Lipinski definition) is 7. The molecule has 0 saturated carbocycles. The van der Waals surface area contributed by atoms with E-state index in [0.29, 0.717) is 0 Å². The van der Waals surface area contributed by atoms with Gasteiger partial charge in [-0.1, -0.05) is 0 Å². The van der Waals surface area contributed by atoms with Gasteiger partial charge in [0.1, 0.15) is 24.5 Å². The molecule has 0 bridgehead atoms. The Morgan fingerprint density at radius 1 is 1.06 bits per heavy atom. The van der Waals surface area contributed by atoms with Crippen LogP contribution in [0.25, 0.3) is 0 Å². The van der Waals surface area contributed by atoms with E-state index in [1.807, 2.05) is 0 Å². The largest absolute Gasteiger partial charge is 0.481 e. The fraction of sp³-hybridized carbons (Fsp3) is 0.889. The molecule has 0 aliphatic carbocycles. The van der Waals surface area contributed by atoms with Gasteiger partial charge in [-0.15, -0.1) is 0 Å². The van der Waals surface area contributed by atoms with E-state index in [1.54, 1.807) is 0 Å². The van der Waals surface area contributed by atoms with Crippen LogP contribution in [-0.4, -0.2) is 85.2 Å². The summed E-state index contributed by atoms with van der Waals surface area (Å²) in [4.78, 5) is 11.5. The molecule has 1 heterocycles. The highest BCUT2D eigenvalue weighted by Crippen LogP contribution is 2.23. The van der Waals surface area contributed by atoms with Crippen molar-refractivity contribution in [2.45, 2.75) is 37.0 Å². The fourth-order valence-electron chi connectivity index (χ4n) is 1.93. The second kappa shape index (κ2) is 5.71. The highest BCUT2D eigenvalue weighted by atomic mass is 16.4. The van der Waals surface area contributed by atoms with Crippen LogP contribution in [0.3, 0.4) is 0 Å². The van der Waals surface area contributed by atoms with Gasteiger partial charge in [-0.3, -0.25) is 9.69 Å². The van der Waals surface area contributed by atoms with E-state index in [1.165, 1.54) is 0 Å². The van der Waals surface area contributed by atoms with Crippen molar-refractivity contribution >= 4 is 5.97 Å². The first-order chi connectivity index (χ1) is 7.90. The lowest BCUT2D eigenvalue weighted by molar-refractivity contribution is -0.223. The minimum Gasteiger partial charge on any atom is -0.481 e. The lowest BCUT2D eigenvalue weighted by atomic mass is 9.92. The first-order valence-electron chi connectivity index (χ1n) is 5.20. The van der Waals surface area contributed by atoms with Gasteiger partial charge in [0.05, 0.1) is 19.1 Å². The number of nitrogens with zero attached hydrogens (tertiary/aromatic N) is 1. The van der Waals surface area contributed by atoms with Crippen LogP contribution >= 0.6 is 0 Å². The van der Waals surface area contributed by atoms with Crippen molar-refractivity contribution in [3.63, 3.8) is 0 Å². The number of hydrogen-bond donors (Lipinski definition) is 6. The lowest BCUT2D eigenvalue weighted by Crippen LogP contribution is -2.67. The summed E-state index contributed by atoms with van der Waals surface area (Å²) in [5, 5.41) is 55.7. The van der Waals surface area contributed by atoms with Gasteiger partial charge in [-0.2, -0.15) is 0 Å². The first-order valence-corrected chi connectivity index (χ1v) is 5.20. The van der Waals surface area contributed by atoms with E-state index in [0.717, 1.165) is 4.90 Å². The molecule has 0 aromatic rings. The van der Waals surface area contributed by atoms with Crippen LogP contribution in [0.15, 0.2) is 0 Å². The van der Waals surface area contributed by atoms with E-state index >= 15 is 0 Å². The van der Waals surface area contributed by atoms with Crippen LogP contribution in [0, 0.1) is 0 Å². The summed E-state index contributed by atoms with van der Waals surface area (Å²) >= 11 is 0. The summed E-state index contributed by atoms with van der Waals surface area (Å²) in [6.45, 7) is -0.718. The molecule has 0 aromatic carbocycles. The third-order valence-electron chi connectivity index (χ3n) is 2.94. The first kappa shape index (κ1) is 14.3. The summed E-state index contributed by atoms with van der Waals surface area (Å²) in [6, 6.07) is -1.01. The monoisotopic (exact) mass is 251 g/mol. The Morgan fingerprint density at radius 3 is 2.12 bits per heavy atom. The molecule has 1 fully saturated rings. The molecule has 0 radical (unpaired) electrons. The number of aliphatic hydroxyl groups excluding tert-OH is 5. The molecule has 8 nitrogen and oxygen atoms in total. The molecule has 1 saturated heterocycles. The second-order valence-electron chi connectivity index (χ2n) is 4.02. The van der Waals surface area contributed by atoms with Crippen molar-refractivity contribution in [1.82, 2.24) is 4.90 Å². The van der Waals surface area contributed by atoms with Gasteiger partial charge < -0.3 is 30.6 Å². The SMILES string of the molecule is O=C(O)CCN1C(O)[C@H](O)[C@@H](O)[C@H](O)[C@H]1CO. The Balaban J connectivity index is 2.78. The predicted octanol–water partition coefficient (Wildman–Crippen LogP) is -3.46. The summed E-state index contributed by atoms with van der Waals surface area (Å²) in [5.74, 6) is -1.11. The number of rotatable bonds is 4. The van der Waals surface area contributed by atoms with Crippen LogP contribution in [0.4, 0.5) is 0 Å². The molecule has 0 spiro atoms. The Kier molecular flexibility index (Phi) is 4.80. The topological polar surface area (TPSA) is 142 Å². The minimum atomic E-state index is -1.61. The predicted molar refractivity (Wildman–Crippen MR) is 53.9 cm³/mol. The van der Waals surface area contributed by atoms with Crippen LogP contribution in [0.2, 0.25) is 0 Å². The summed E-state index contributed by atoms with van der Waals surface area (Å²) < 4.78 is 0. The molecule has 1 rings (SSSR count). The molecule has 5 atom stereocenters. The normalized spacial score (nSPS) is 39.2. The number of aliphatic hydroxyl groups is 5. The molecule has 0 amide bonds. The number of carboxylic acids is 1. The van der Waals surface area contributed by atoms with Gasteiger partial charge in [0, 0.05) is 6.54 Å². The molecular formula is C9H17NO7. The highest BCUT2D eigenvalue weighted by molar-refractivity contribution is 5.66. The molecule has 100 valence electrons. The number of carboxylic acid groups (broad SMARTS) is 1. The van der Waals surface area contributed by atoms with Crippen molar-refractivity contribution in [2.24, 2.45) is 0 Å². The van der Waals surface area contributed by atoms with E-state index in [-0.39, 0.29) is 13.0 Å². The third kappa shape index (κ3) is 2.92. The Labute approximate surface area is 97.3 Å². The average Bonchev–Trinajstić information content (AvgIpc) is 2.29. The quantitative estimate of drug-likeness (QED) is 0.303. The second-order valence-corrected chi connectivity index (χ2v) is 4.02. The zero-order valence-corrected chi connectivity index (χ0v) is 9.05. The smallest absolute Gasteiger partial charge is 0.304 e.